The number of hydrogen-bond donors (Lipinski definition) is 0. The summed E-state index contributed by atoms with van der Waals surface area (Å²) in [4.78, 5) is 22.9. The molecule has 0 aliphatic carbocycles. The van der Waals surface area contributed by atoms with Gasteiger partial charge in [0.05, 0.1) is 5.56 Å². The number of aromatic nitrogens is 2. The standard InChI is InChI=1S/C14H19F3N4O2/c1-20(12(22)9-23-2)11-3-5-21(6-4-11)13-18-7-10(8-19-13)14(15,16)17/h7-8,11H,3-6,9H2,1-2H3. The molecule has 0 spiro atoms. The summed E-state index contributed by atoms with van der Waals surface area (Å²) in [7, 11) is 3.20. The van der Waals surface area contributed by atoms with Crippen molar-refractivity contribution in [2.24, 2.45) is 0 Å². The quantitative estimate of drug-likeness (QED) is 0.838. The molecule has 0 radical (unpaired) electrons. The van der Waals surface area contributed by atoms with Crippen molar-refractivity contribution in [2.45, 2.75) is 25.1 Å². The number of anilines is 1. The van der Waals surface area contributed by atoms with Gasteiger partial charge in [0.2, 0.25) is 11.9 Å². The van der Waals surface area contributed by atoms with E-state index >= 15 is 0 Å². The van der Waals surface area contributed by atoms with Crippen molar-refractivity contribution in [3.63, 3.8) is 0 Å². The summed E-state index contributed by atoms with van der Waals surface area (Å²) >= 11 is 0. The highest BCUT2D eigenvalue weighted by molar-refractivity contribution is 5.77. The maximum Gasteiger partial charge on any atom is 0.419 e. The van der Waals surface area contributed by atoms with E-state index < -0.39 is 11.7 Å². The van der Waals surface area contributed by atoms with Gasteiger partial charge in [-0.05, 0) is 12.8 Å². The minimum absolute atomic E-state index is 0.0404. The van der Waals surface area contributed by atoms with E-state index in [1.165, 1.54) is 7.11 Å². The molecule has 2 rings (SSSR count). The van der Waals surface area contributed by atoms with Crippen LogP contribution in [0.4, 0.5) is 19.1 Å². The maximum atomic E-state index is 12.5. The SMILES string of the molecule is COCC(=O)N(C)C1CCN(c2ncc(C(F)(F)F)cn2)CC1. The van der Waals surface area contributed by atoms with Gasteiger partial charge in [-0.3, -0.25) is 4.79 Å². The topological polar surface area (TPSA) is 58.6 Å². The molecule has 0 aromatic carbocycles. The first kappa shape index (κ1) is 17.5. The molecule has 23 heavy (non-hydrogen) atoms. The van der Waals surface area contributed by atoms with E-state index in [0.29, 0.717) is 25.9 Å². The number of carbonyl (C=O) groups excluding carboxylic acids is 1. The van der Waals surface area contributed by atoms with Crippen LogP contribution in [0, 0.1) is 0 Å². The van der Waals surface area contributed by atoms with Crippen molar-refractivity contribution in [2.75, 3.05) is 38.8 Å². The van der Waals surface area contributed by atoms with Crippen LogP contribution in [0.3, 0.4) is 0 Å². The summed E-state index contributed by atoms with van der Waals surface area (Å²) in [6.45, 7) is 1.21. The summed E-state index contributed by atoms with van der Waals surface area (Å²) in [5.41, 5.74) is -0.860. The molecular formula is C14H19F3N4O2. The average molecular weight is 332 g/mol. The zero-order chi connectivity index (χ0) is 17.0. The zero-order valence-corrected chi connectivity index (χ0v) is 13.0. The van der Waals surface area contributed by atoms with Crippen LogP contribution in [0.25, 0.3) is 0 Å². The van der Waals surface area contributed by atoms with E-state index in [1.807, 2.05) is 4.90 Å². The first-order valence-corrected chi connectivity index (χ1v) is 7.21. The fourth-order valence-electron chi connectivity index (χ4n) is 2.51. The monoisotopic (exact) mass is 332 g/mol. The van der Waals surface area contributed by atoms with Crippen LogP contribution in [0.5, 0.6) is 0 Å². The Morgan fingerprint density at radius 1 is 1.35 bits per heavy atom. The van der Waals surface area contributed by atoms with E-state index in [9.17, 15) is 18.0 Å². The number of carbonyl (C=O) groups is 1. The molecule has 0 saturated carbocycles. The molecule has 0 atom stereocenters. The molecule has 1 amide bonds. The Morgan fingerprint density at radius 3 is 2.39 bits per heavy atom. The van der Waals surface area contributed by atoms with Crippen LogP contribution in [-0.4, -0.2) is 60.7 Å². The third-order valence-electron chi connectivity index (χ3n) is 3.92. The molecular weight excluding hydrogens is 313 g/mol. The number of nitrogens with zero attached hydrogens (tertiary/aromatic N) is 4. The maximum absolute atomic E-state index is 12.5. The number of halogens is 3. The molecule has 2 heterocycles. The van der Waals surface area contributed by atoms with Gasteiger partial charge in [-0.15, -0.1) is 0 Å². The molecule has 0 unspecified atom stereocenters. The van der Waals surface area contributed by atoms with Crippen molar-refractivity contribution < 1.29 is 22.7 Å². The second-order valence-electron chi connectivity index (χ2n) is 5.43. The van der Waals surface area contributed by atoms with E-state index in [4.69, 9.17) is 4.74 Å². The number of hydrogen-bond acceptors (Lipinski definition) is 5. The van der Waals surface area contributed by atoms with Crippen LogP contribution in [0.1, 0.15) is 18.4 Å². The molecule has 0 N–H and O–H groups in total. The fourth-order valence-corrected chi connectivity index (χ4v) is 2.51. The lowest BCUT2D eigenvalue weighted by molar-refractivity contribution is -0.138. The van der Waals surface area contributed by atoms with Gasteiger partial charge in [-0.25, -0.2) is 9.97 Å². The molecule has 1 aliphatic heterocycles. The van der Waals surface area contributed by atoms with Crippen LogP contribution in [0.15, 0.2) is 12.4 Å². The smallest absolute Gasteiger partial charge is 0.375 e. The van der Waals surface area contributed by atoms with Crippen molar-refractivity contribution in [1.29, 1.82) is 0 Å². The number of likely N-dealkylation sites (N-methyl/N-ethyl adjacent to an activating group) is 1. The highest BCUT2D eigenvalue weighted by atomic mass is 19.4. The van der Waals surface area contributed by atoms with Crippen LogP contribution in [-0.2, 0) is 15.7 Å². The third-order valence-corrected chi connectivity index (χ3v) is 3.92. The van der Waals surface area contributed by atoms with E-state index in [0.717, 1.165) is 12.4 Å². The van der Waals surface area contributed by atoms with Gasteiger partial charge in [-0.1, -0.05) is 0 Å². The first-order valence-electron chi connectivity index (χ1n) is 7.21. The lowest BCUT2D eigenvalue weighted by atomic mass is 10.0. The zero-order valence-electron chi connectivity index (χ0n) is 13.0. The Hall–Kier alpha value is -1.90. The molecule has 1 aromatic rings. The summed E-state index contributed by atoms with van der Waals surface area (Å²) in [5.74, 6) is 0.194. The molecule has 1 aromatic heterocycles. The fraction of sp³-hybridized carbons (Fsp3) is 0.643. The summed E-state index contributed by atoms with van der Waals surface area (Å²) < 4.78 is 42.3. The van der Waals surface area contributed by atoms with Crippen molar-refractivity contribution in [3.05, 3.63) is 18.0 Å². The molecule has 1 fully saturated rings. The summed E-state index contributed by atoms with van der Waals surface area (Å²) in [5, 5.41) is 0. The third kappa shape index (κ3) is 4.31. The van der Waals surface area contributed by atoms with Gasteiger partial charge >= 0.3 is 6.18 Å². The van der Waals surface area contributed by atoms with Gasteiger partial charge in [0.1, 0.15) is 6.61 Å². The highest BCUT2D eigenvalue weighted by Crippen LogP contribution is 2.28. The molecule has 9 heteroatoms. The van der Waals surface area contributed by atoms with Gasteiger partial charge in [-0.2, -0.15) is 13.2 Å². The predicted molar refractivity (Wildman–Crippen MR) is 76.9 cm³/mol. The number of alkyl halides is 3. The Kier molecular flexibility index (Phi) is 5.40. The first-order chi connectivity index (χ1) is 10.8. The summed E-state index contributed by atoms with van der Waals surface area (Å²) in [6, 6.07) is 0.0864. The minimum atomic E-state index is -4.43. The number of methoxy groups -OCH3 is 1. The minimum Gasteiger partial charge on any atom is -0.375 e. The Balaban J connectivity index is 1.93. The van der Waals surface area contributed by atoms with E-state index in [1.54, 1.807) is 11.9 Å². The van der Waals surface area contributed by atoms with Crippen molar-refractivity contribution in [1.82, 2.24) is 14.9 Å². The summed E-state index contributed by atoms with van der Waals surface area (Å²) in [6.07, 6.45) is -1.44. The molecule has 0 bridgehead atoms. The van der Waals surface area contributed by atoms with Crippen LogP contribution < -0.4 is 4.90 Å². The second kappa shape index (κ2) is 7.12. The Labute approximate surface area is 132 Å². The average Bonchev–Trinajstić information content (AvgIpc) is 2.54. The normalized spacial score (nSPS) is 16.5. The van der Waals surface area contributed by atoms with Gasteiger partial charge < -0.3 is 14.5 Å². The Bertz CT molecular complexity index is 528. The molecule has 128 valence electrons. The van der Waals surface area contributed by atoms with Gasteiger partial charge in [0, 0.05) is 45.7 Å². The molecule has 1 saturated heterocycles. The molecule has 6 nitrogen and oxygen atoms in total. The number of amides is 1. The highest BCUT2D eigenvalue weighted by Gasteiger charge is 2.32. The second-order valence-corrected chi connectivity index (χ2v) is 5.43. The Morgan fingerprint density at radius 2 is 1.91 bits per heavy atom. The number of rotatable bonds is 4. The predicted octanol–water partition coefficient (Wildman–Crippen LogP) is 1.57. The largest absolute Gasteiger partial charge is 0.419 e. The van der Waals surface area contributed by atoms with Crippen molar-refractivity contribution in [3.8, 4) is 0 Å². The lowest BCUT2D eigenvalue weighted by Gasteiger charge is -2.36. The number of ether oxygens (including phenoxy) is 1. The van der Waals surface area contributed by atoms with Crippen LogP contribution >= 0.6 is 0 Å². The van der Waals surface area contributed by atoms with E-state index in [-0.39, 0.29) is 24.5 Å². The number of piperidine rings is 1. The van der Waals surface area contributed by atoms with Gasteiger partial charge in [0.25, 0.3) is 0 Å². The van der Waals surface area contributed by atoms with E-state index in [2.05, 4.69) is 9.97 Å². The van der Waals surface area contributed by atoms with Gasteiger partial charge in [0.15, 0.2) is 0 Å². The molecule has 1 aliphatic rings. The van der Waals surface area contributed by atoms with Crippen LogP contribution in [0.2, 0.25) is 0 Å². The lowest BCUT2D eigenvalue weighted by Crippen LogP contribution is -2.47. The van der Waals surface area contributed by atoms with Crippen molar-refractivity contribution >= 4 is 11.9 Å².